The third-order valence-corrected chi connectivity index (χ3v) is 2.15. The number of anilines is 1. The first-order chi connectivity index (χ1) is 7.99. The van der Waals surface area contributed by atoms with Crippen molar-refractivity contribution < 1.29 is 14.4 Å². The SMILES string of the molecule is CC(=O)c1cccc(NC(=O)CCC(N)=O)c1. The van der Waals surface area contributed by atoms with E-state index in [1.54, 1.807) is 24.3 Å². The maximum Gasteiger partial charge on any atom is 0.224 e. The van der Waals surface area contributed by atoms with E-state index in [2.05, 4.69) is 5.32 Å². The predicted molar refractivity (Wildman–Crippen MR) is 63.5 cm³/mol. The Balaban J connectivity index is 2.62. The molecule has 0 atom stereocenters. The minimum atomic E-state index is -0.516. The molecule has 0 saturated carbocycles. The van der Waals surface area contributed by atoms with Crippen molar-refractivity contribution in [2.75, 3.05) is 5.32 Å². The van der Waals surface area contributed by atoms with Crippen LogP contribution in [0.15, 0.2) is 24.3 Å². The van der Waals surface area contributed by atoms with Crippen LogP contribution in [-0.4, -0.2) is 17.6 Å². The standard InChI is InChI=1S/C12H14N2O3/c1-8(15)9-3-2-4-10(7-9)14-12(17)6-5-11(13)16/h2-4,7H,5-6H2,1H3,(H2,13,16)(H,14,17). The van der Waals surface area contributed by atoms with Crippen molar-refractivity contribution in [2.45, 2.75) is 19.8 Å². The smallest absolute Gasteiger partial charge is 0.224 e. The molecule has 1 aromatic carbocycles. The second-order valence-corrected chi connectivity index (χ2v) is 3.65. The third-order valence-electron chi connectivity index (χ3n) is 2.15. The average Bonchev–Trinajstić information content (AvgIpc) is 2.26. The summed E-state index contributed by atoms with van der Waals surface area (Å²) in [5.41, 5.74) is 5.99. The molecule has 0 aromatic heterocycles. The molecule has 2 amide bonds. The Morgan fingerprint density at radius 1 is 1.24 bits per heavy atom. The number of nitrogens with one attached hydrogen (secondary N) is 1. The first-order valence-electron chi connectivity index (χ1n) is 5.18. The molecule has 0 aliphatic rings. The van der Waals surface area contributed by atoms with Gasteiger partial charge in [0.05, 0.1) is 0 Å². The number of hydrogen-bond acceptors (Lipinski definition) is 3. The summed E-state index contributed by atoms with van der Waals surface area (Å²) in [5, 5.41) is 2.59. The zero-order valence-corrected chi connectivity index (χ0v) is 9.53. The molecular formula is C12H14N2O3. The van der Waals surface area contributed by atoms with Gasteiger partial charge < -0.3 is 11.1 Å². The van der Waals surface area contributed by atoms with E-state index in [0.717, 1.165) is 0 Å². The van der Waals surface area contributed by atoms with Gasteiger partial charge in [-0.1, -0.05) is 12.1 Å². The van der Waals surface area contributed by atoms with E-state index in [9.17, 15) is 14.4 Å². The molecule has 5 nitrogen and oxygen atoms in total. The van der Waals surface area contributed by atoms with E-state index in [1.165, 1.54) is 6.92 Å². The molecule has 5 heteroatoms. The van der Waals surface area contributed by atoms with Crippen LogP contribution in [0.5, 0.6) is 0 Å². The van der Waals surface area contributed by atoms with Gasteiger partial charge in [0, 0.05) is 24.1 Å². The van der Waals surface area contributed by atoms with Gasteiger partial charge in [-0.3, -0.25) is 14.4 Å². The zero-order valence-electron chi connectivity index (χ0n) is 9.53. The Kier molecular flexibility index (Phi) is 4.39. The molecule has 3 N–H and O–H groups in total. The molecule has 1 rings (SSSR count). The predicted octanol–water partition coefficient (Wildman–Crippen LogP) is 1.09. The van der Waals surface area contributed by atoms with E-state index < -0.39 is 5.91 Å². The highest BCUT2D eigenvalue weighted by Crippen LogP contribution is 2.11. The van der Waals surface area contributed by atoms with E-state index in [0.29, 0.717) is 11.3 Å². The highest BCUT2D eigenvalue weighted by Gasteiger charge is 2.06. The normalized spacial score (nSPS) is 9.71. The quantitative estimate of drug-likeness (QED) is 0.747. The Bertz CT molecular complexity index is 455. The maximum atomic E-state index is 11.4. The van der Waals surface area contributed by atoms with Gasteiger partial charge in [-0.15, -0.1) is 0 Å². The topological polar surface area (TPSA) is 89.3 Å². The van der Waals surface area contributed by atoms with Gasteiger partial charge in [-0.2, -0.15) is 0 Å². The fourth-order valence-electron chi connectivity index (χ4n) is 1.28. The summed E-state index contributed by atoms with van der Waals surface area (Å²) in [7, 11) is 0. The largest absolute Gasteiger partial charge is 0.370 e. The van der Waals surface area contributed by atoms with Crippen molar-refractivity contribution in [1.82, 2.24) is 0 Å². The Labute approximate surface area is 99.0 Å². The molecule has 0 aliphatic heterocycles. The van der Waals surface area contributed by atoms with Gasteiger partial charge in [0.15, 0.2) is 5.78 Å². The van der Waals surface area contributed by atoms with Crippen LogP contribution in [-0.2, 0) is 9.59 Å². The number of ketones is 1. The number of carbonyl (C=O) groups excluding carboxylic acids is 3. The molecule has 0 aliphatic carbocycles. The van der Waals surface area contributed by atoms with Gasteiger partial charge in [-0.05, 0) is 19.1 Å². The lowest BCUT2D eigenvalue weighted by atomic mass is 10.1. The first-order valence-corrected chi connectivity index (χ1v) is 5.18. The number of Topliss-reactive ketones (excluding diaryl/α,β-unsaturated/α-hetero) is 1. The molecule has 90 valence electrons. The minimum absolute atomic E-state index is 0.0121. The lowest BCUT2D eigenvalue weighted by Crippen LogP contribution is -2.17. The summed E-state index contributed by atoms with van der Waals surface area (Å²) in [5.74, 6) is -0.889. The van der Waals surface area contributed by atoms with Crippen molar-refractivity contribution in [3.05, 3.63) is 29.8 Å². The zero-order chi connectivity index (χ0) is 12.8. The summed E-state index contributed by atoms with van der Waals surface area (Å²) in [6.07, 6.45) is 0.0534. The van der Waals surface area contributed by atoms with Crippen molar-refractivity contribution in [2.24, 2.45) is 5.73 Å². The monoisotopic (exact) mass is 234 g/mol. The molecule has 0 spiro atoms. The lowest BCUT2D eigenvalue weighted by Gasteiger charge is -2.05. The highest BCUT2D eigenvalue weighted by atomic mass is 16.2. The number of hydrogen-bond donors (Lipinski definition) is 2. The van der Waals surface area contributed by atoms with Gasteiger partial charge in [0.1, 0.15) is 0 Å². The van der Waals surface area contributed by atoms with Crippen LogP contribution in [0.4, 0.5) is 5.69 Å². The number of carbonyl (C=O) groups is 3. The number of benzene rings is 1. The van der Waals surface area contributed by atoms with Gasteiger partial charge in [0.25, 0.3) is 0 Å². The molecule has 0 fully saturated rings. The number of nitrogens with two attached hydrogens (primary N) is 1. The molecule has 0 saturated heterocycles. The highest BCUT2D eigenvalue weighted by molar-refractivity contribution is 5.97. The second-order valence-electron chi connectivity index (χ2n) is 3.65. The van der Waals surface area contributed by atoms with E-state index in [-0.39, 0.29) is 24.5 Å². The fourth-order valence-corrected chi connectivity index (χ4v) is 1.28. The number of primary amides is 1. The Hall–Kier alpha value is -2.17. The summed E-state index contributed by atoms with van der Waals surface area (Å²) < 4.78 is 0. The Morgan fingerprint density at radius 3 is 2.53 bits per heavy atom. The van der Waals surface area contributed by atoms with Crippen molar-refractivity contribution in [3.63, 3.8) is 0 Å². The van der Waals surface area contributed by atoms with Crippen LogP contribution in [0.1, 0.15) is 30.1 Å². The van der Waals surface area contributed by atoms with Gasteiger partial charge in [-0.25, -0.2) is 0 Å². The Morgan fingerprint density at radius 2 is 1.94 bits per heavy atom. The third kappa shape index (κ3) is 4.46. The van der Waals surface area contributed by atoms with E-state index in [4.69, 9.17) is 5.73 Å². The van der Waals surface area contributed by atoms with Crippen LogP contribution in [0.25, 0.3) is 0 Å². The van der Waals surface area contributed by atoms with Crippen molar-refractivity contribution in [3.8, 4) is 0 Å². The van der Waals surface area contributed by atoms with Gasteiger partial charge in [0.2, 0.25) is 11.8 Å². The summed E-state index contributed by atoms with van der Waals surface area (Å²) >= 11 is 0. The van der Waals surface area contributed by atoms with Crippen LogP contribution >= 0.6 is 0 Å². The van der Waals surface area contributed by atoms with Crippen LogP contribution < -0.4 is 11.1 Å². The molecule has 0 heterocycles. The van der Waals surface area contributed by atoms with Gasteiger partial charge >= 0.3 is 0 Å². The fraction of sp³-hybridized carbons (Fsp3) is 0.250. The maximum absolute atomic E-state index is 11.4. The van der Waals surface area contributed by atoms with Crippen LogP contribution in [0, 0.1) is 0 Å². The van der Waals surface area contributed by atoms with E-state index >= 15 is 0 Å². The molecule has 0 bridgehead atoms. The number of amides is 2. The van der Waals surface area contributed by atoms with Crippen LogP contribution in [0.2, 0.25) is 0 Å². The first kappa shape index (κ1) is 12.9. The van der Waals surface area contributed by atoms with E-state index in [1.807, 2.05) is 0 Å². The minimum Gasteiger partial charge on any atom is -0.370 e. The average molecular weight is 234 g/mol. The molecule has 1 aromatic rings. The molecular weight excluding hydrogens is 220 g/mol. The molecule has 0 unspecified atom stereocenters. The molecule has 0 radical (unpaired) electrons. The summed E-state index contributed by atoms with van der Waals surface area (Å²) in [4.78, 5) is 33.0. The van der Waals surface area contributed by atoms with Crippen molar-refractivity contribution in [1.29, 1.82) is 0 Å². The second kappa shape index (κ2) is 5.79. The molecule has 17 heavy (non-hydrogen) atoms. The summed E-state index contributed by atoms with van der Waals surface area (Å²) in [6, 6.07) is 6.61. The summed E-state index contributed by atoms with van der Waals surface area (Å²) in [6.45, 7) is 1.45. The van der Waals surface area contributed by atoms with Crippen LogP contribution in [0.3, 0.4) is 0 Å². The lowest BCUT2D eigenvalue weighted by molar-refractivity contribution is -0.122. The van der Waals surface area contributed by atoms with Crippen molar-refractivity contribution >= 4 is 23.3 Å². The number of rotatable bonds is 5.